The number of nitrogens with zero attached hydrogens (tertiary/aromatic N) is 1. The first-order chi connectivity index (χ1) is 19.3. The van der Waals surface area contributed by atoms with E-state index in [4.69, 9.17) is 31.9 Å². The van der Waals surface area contributed by atoms with Crippen LogP contribution in [0.25, 0.3) is 5.57 Å². The van der Waals surface area contributed by atoms with Crippen LogP contribution in [-0.4, -0.2) is 60.4 Å². The highest BCUT2D eigenvalue weighted by Gasteiger charge is 2.16. The summed E-state index contributed by atoms with van der Waals surface area (Å²) in [6.45, 7) is 0. The van der Waals surface area contributed by atoms with E-state index < -0.39 is 41.9 Å². The number of nitrogens with one attached hydrogen (secondary N) is 1. The molecule has 2 atom stereocenters. The predicted molar refractivity (Wildman–Crippen MR) is 166 cm³/mol. The van der Waals surface area contributed by atoms with Crippen molar-refractivity contribution in [2.24, 2.45) is 11.5 Å². The van der Waals surface area contributed by atoms with Crippen LogP contribution in [0.5, 0.6) is 5.75 Å². The number of hydrogen-bond acceptors (Lipinski definition) is 8. The number of benzene rings is 2. The van der Waals surface area contributed by atoms with E-state index >= 15 is 0 Å². The van der Waals surface area contributed by atoms with Crippen molar-refractivity contribution in [1.82, 2.24) is 16.1 Å². The standard InChI is InChI=1S/C12H11FO2.C9H10FNO3.C6H8FN3O2.H3N.2H2S/c13-10-4-5-11-8(3-6-12(14)15)1-2-9(11)7-10;10-7-4-6(12)2-1-5(7)3-8(11)9(13)14;7-6-9-2-3(10-6)1-4(8)5(11)12;;;/h1,4-5,7H,2-3,6H2,(H,14,15);1-2,4,8,12H,3,11H2,(H,13,14);2,4H,1,8H2,(H,9,10)(H,11,12);1H3;2*1H2/t;8-;;;;/m.0..../s1. The normalized spacial score (nSPS) is 12.1. The van der Waals surface area contributed by atoms with Crippen molar-refractivity contribution in [2.75, 3.05) is 0 Å². The Morgan fingerprint density at radius 1 is 0.932 bits per heavy atom. The lowest BCUT2D eigenvalue weighted by molar-refractivity contribution is -0.139. The minimum Gasteiger partial charge on any atom is -0.508 e. The molecule has 0 bridgehead atoms. The molecule has 1 unspecified atom stereocenters. The number of H-pyrrole nitrogens is 1. The molecule has 4 rings (SSSR count). The SMILES string of the molecule is N.NC(Cc1cnc(F)[nH]1)C(=O)O.N[C@@H](Cc1ccc(O)cc1F)C(=O)O.O=C(O)CCC1=CCc2cc(F)ccc21.S.S. The number of hydrogen-bond donors (Lipinski definition) is 8. The maximum atomic E-state index is 13.1. The number of carboxylic acid groups (broad SMARTS) is 3. The number of fused-ring (bicyclic) bond motifs is 1. The maximum Gasteiger partial charge on any atom is 0.320 e. The van der Waals surface area contributed by atoms with Gasteiger partial charge in [0.05, 0.1) is 6.20 Å². The van der Waals surface area contributed by atoms with E-state index in [1.807, 2.05) is 6.08 Å². The Hall–Kier alpha value is -4.03. The number of aromatic hydroxyl groups is 1. The van der Waals surface area contributed by atoms with Crippen molar-refractivity contribution in [3.05, 3.63) is 88.8 Å². The summed E-state index contributed by atoms with van der Waals surface area (Å²) in [4.78, 5) is 36.6. The Morgan fingerprint density at radius 3 is 2.07 bits per heavy atom. The third-order valence-electron chi connectivity index (χ3n) is 5.74. The number of rotatable bonds is 9. The summed E-state index contributed by atoms with van der Waals surface area (Å²) in [5.41, 5.74) is 13.9. The minimum absolute atomic E-state index is 0. The first-order valence-corrected chi connectivity index (χ1v) is 12.1. The van der Waals surface area contributed by atoms with Gasteiger partial charge in [0.15, 0.2) is 0 Å². The van der Waals surface area contributed by atoms with Crippen LogP contribution in [-0.2, 0) is 33.6 Å². The zero-order valence-corrected chi connectivity index (χ0v) is 25.3. The van der Waals surface area contributed by atoms with Crippen LogP contribution in [0.15, 0.2) is 48.7 Å². The van der Waals surface area contributed by atoms with E-state index in [0.29, 0.717) is 18.5 Å². The average Bonchev–Trinajstić information content (AvgIpc) is 3.49. The van der Waals surface area contributed by atoms with Crippen molar-refractivity contribution in [2.45, 2.75) is 44.2 Å². The summed E-state index contributed by atoms with van der Waals surface area (Å²) >= 11 is 0. The van der Waals surface area contributed by atoms with Crippen LogP contribution >= 0.6 is 27.0 Å². The van der Waals surface area contributed by atoms with Gasteiger partial charge in [-0.2, -0.15) is 31.4 Å². The highest BCUT2D eigenvalue weighted by atomic mass is 32.1. The van der Waals surface area contributed by atoms with Gasteiger partial charge in [0.2, 0.25) is 0 Å². The predicted octanol–water partition coefficient (Wildman–Crippen LogP) is 3.01. The number of allylic oxidation sites excluding steroid dienone is 2. The monoisotopic (exact) mass is 663 g/mol. The highest BCUT2D eigenvalue weighted by Crippen LogP contribution is 2.31. The van der Waals surface area contributed by atoms with Gasteiger partial charge in [0, 0.05) is 31.0 Å². The van der Waals surface area contributed by atoms with Crippen molar-refractivity contribution in [1.29, 1.82) is 0 Å². The molecular formula is C27H36F3N5O7S2. The molecule has 0 spiro atoms. The average molecular weight is 664 g/mol. The molecule has 1 aliphatic rings. The lowest BCUT2D eigenvalue weighted by Crippen LogP contribution is -2.32. The van der Waals surface area contributed by atoms with Crippen molar-refractivity contribution < 1.29 is 48.0 Å². The smallest absolute Gasteiger partial charge is 0.320 e. The van der Waals surface area contributed by atoms with Crippen LogP contribution in [0.1, 0.15) is 35.2 Å². The summed E-state index contributed by atoms with van der Waals surface area (Å²) < 4.78 is 38.2. The lowest BCUT2D eigenvalue weighted by Gasteiger charge is -2.07. The summed E-state index contributed by atoms with van der Waals surface area (Å²) in [6, 6.07) is 6.02. The van der Waals surface area contributed by atoms with Crippen molar-refractivity contribution in [3.63, 3.8) is 0 Å². The van der Waals surface area contributed by atoms with Crippen LogP contribution in [0, 0.1) is 17.7 Å². The number of aliphatic carboxylic acids is 3. The van der Waals surface area contributed by atoms with Gasteiger partial charge in [0.25, 0.3) is 6.08 Å². The van der Waals surface area contributed by atoms with E-state index in [1.54, 1.807) is 6.07 Å². The molecule has 1 aromatic heterocycles. The van der Waals surface area contributed by atoms with Crippen LogP contribution in [0.2, 0.25) is 0 Å². The molecule has 17 heteroatoms. The second-order valence-electron chi connectivity index (χ2n) is 8.90. The molecule has 1 heterocycles. The molecule has 12 nitrogen and oxygen atoms in total. The number of aromatic nitrogens is 2. The van der Waals surface area contributed by atoms with E-state index in [-0.39, 0.29) is 69.5 Å². The molecule has 0 saturated heterocycles. The van der Waals surface area contributed by atoms with E-state index in [2.05, 4.69) is 9.97 Å². The zero-order valence-electron chi connectivity index (χ0n) is 23.3. The maximum absolute atomic E-state index is 13.1. The van der Waals surface area contributed by atoms with Gasteiger partial charge in [0.1, 0.15) is 29.5 Å². The molecule has 0 amide bonds. The minimum atomic E-state index is -1.18. The van der Waals surface area contributed by atoms with Gasteiger partial charge >= 0.3 is 17.9 Å². The molecule has 0 radical (unpaired) electrons. The topological polar surface area (TPSA) is 248 Å². The van der Waals surface area contributed by atoms with E-state index in [1.165, 1.54) is 30.5 Å². The first kappa shape index (κ1) is 42.1. The van der Waals surface area contributed by atoms with Crippen LogP contribution in [0.4, 0.5) is 13.2 Å². The van der Waals surface area contributed by atoms with Gasteiger partial charge < -0.3 is 43.0 Å². The lowest BCUT2D eigenvalue weighted by atomic mass is 10.0. The molecule has 0 fully saturated rings. The Kier molecular flexibility index (Phi) is 19.2. The molecule has 0 aliphatic heterocycles. The number of carbonyl (C=O) groups is 3. The fourth-order valence-electron chi connectivity index (χ4n) is 3.65. The van der Waals surface area contributed by atoms with Gasteiger partial charge in [-0.3, -0.25) is 14.4 Å². The number of imidazole rings is 1. The van der Waals surface area contributed by atoms with Gasteiger partial charge in [-0.1, -0.05) is 18.2 Å². The van der Waals surface area contributed by atoms with E-state index in [0.717, 1.165) is 22.8 Å². The van der Waals surface area contributed by atoms with Crippen molar-refractivity contribution >= 4 is 50.5 Å². The highest BCUT2D eigenvalue weighted by molar-refractivity contribution is 7.59. The third kappa shape index (κ3) is 14.0. The Morgan fingerprint density at radius 2 is 1.55 bits per heavy atom. The molecule has 1 aliphatic carbocycles. The number of nitrogens with two attached hydrogens (primary N) is 2. The molecule has 0 saturated carbocycles. The fourth-order valence-corrected chi connectivity index (χ4v) is 3.65. The zero-order chi connectivity index (χ0) is 30.7. The van der Waals surface area contributed by atoms with Gasteiger partial charge in [-0.15, -0.1) is 0 Å². The number of phenols is 1. The summed E-state index contributed by atoms with van der Waals surface area (Å²) in [5.74, 6) is -4.19. The molecule has 244 valence electrons. The van der Waals surface area contributed by atoms with Gasteiger partial charge in [-0.05, 0) is 53.3 Å². The first-order valence-electron chi connectivity index (χ1n) is 12.1. The molecule has 2 aromatic carbocycles. The molecule has 3 aromatic rings. The number of phenolic OH excluding ortho intramolecular Hbond substituents is 1. The van der Waals surface area contributed by atoms with E-state index in [9.17, 15) is 27.6 Å². The fraction of sp³-hybridized carbons (Fsp3) is 0.259. The molecule has 12 N–H and O–H groups in total. The Balaban J connectivity index is 0. The van der Waals surface area contributed by atoms with Gasteiger partial charge in [-0.25, -0.2) is 13.8 Å². The molecular weight excluding hydrogens is 627 g/mol. The third-order valence-corrected chi connectivity index (χ3v) is 5.74. The van der Waals surface area contributed by atoms with Crippen LogP contribution in [0.3, 0.4) is 0 Å². The Bertz CT molecular complexity index is 1430. The number of carboxylic acids is 3. The Labute approximate surface area is 264 Å². The number of halogens is 3. The summed E-state index contributed by atoms with van der Waals surface area (Å²) in [5, 5.41) is 34.4. The second-order valence-corrected chi connectivity index (χ2v) is 8.90. The summed E-state index contributed by atoms with van der Waals surface area (Å²) in [7, 11) is 0. The summed E-state index contributed by atoms with van der Waals surface area (Å²) in [6.07, 6.45) is 3.78. The quantitative estimate of drug-likeness (QED) is 0.165. The van der Waals surface area contributed by atoms with Crippen LogP contribution < -0.4 is 17.6 Å². The molecule has 44 heavy (non-hydrogen) atoms. The number of aromatic amines is 1. The van der Waals surface area contributed by atoms with Crippen molar-refractivity contribution in [3.8, 4) is 5.75 Å². The second kappa shape index (κ2) is 20.0. The largest absolute Gasteiger partial charge is 0.508 e.